The molecular weight excluding hydrogens is 324 g/mol. The molecule has 0 aliphatic heterocycles. The van der Waals surface area contributed by atoms with E-state index in [0.29, 0.717) is 22.8 Å². The lowest BCUT2D eigenvalue weighted by Crippen LogP contribution is -2.08. The quantitative estimate of drug-likeness (QED) is 0.586. The summed E-state index contributed by atoms with van der Waals surface area (Å²) in [4.78, 5) is 12.7. The second-order valence-corrected chi connectivity index (χ2v) is 7.25. The number of aliphatic hydroxyl groups is 1. The Bertz CT molecular complexity index is 746. The van der Waals surface area contributed by atoms with Crippen molar-refractivity contribution in [2.75, 3.05) is 5.75 Å². The summed E-state index contributed by atoms with van der Waals surface area (Å²) in [5.74, 6) is 1.01. The van der Waals surface area contributed by atoms with Gasteiger partial charge in [-0.3, -0.25) is 4.79 Å². The van der Waals surface area contributed by atoms with Crippen molar-refractivity contribution in [3.05, 3.63) is 28.8 Å². The third-order valence-electron chi connectivity index (χ3n) is 4.41. The third kappa shape index (κ3) is 3.28. The van der Waals surface area contributed by atoms with Crippen molar-refractivity contribution >= 4 is 17.5 Å². The maximum absolute atomic E-state index is 12.7. The average molecular weight is 348 g/mol. The van der Waals surface area contributed by atoms with E-state index in [-0.39, 0.29) is 12.4 Å². The fraction of sp³-hybridized carbons (Fsp3) is 0.588. The molecule has 0 bridgehead atoms. The van der Waals surface area contributed by atoms with Gasteiger partial charge < -0.3 is 14.2 Å². The maximum Gasteiger partial charge on any atom is 0.191 e. The summed E-state index contributed by atoms with van der Waals surface area (Å²) in [5, 5.41) is 18.1. The molecule has 0 saturated heterocycles. The van der Waals surface area contributed by atoms with Crippen LogP contribution in [0.5, 0.6) is 0 Å². The number of aromatic nitrogens is 4. The van der Waals surface area contributed by atoms with Crippen LogP contribution < -0.4 is 0 Å². The Hall–Kier alpha value is -1.60. The van der Waals surface area contributed by atoms with Crippen molar-refractivity contribution in [3.63, 3.8) is 0 Å². The van der Waals surface area contributed by atoms with Crippen LogP contribution in [-0.4, -0.2) is 36.0 Å². The van der Waals surface area contributed by atoms with Gasteiger partial charge in [-0.05, 0) is 39.2 Å². The summed E-state index contributed by atoms with van der Waals surface area (Å²) in [6, 6.07) is 2.59. The zero-order valence-electron chi connectivity index (χ0n) is 14.4. The number of carbonyl (C=O) groups excluding carboxylic acids is 1. The van der Waals surface area contributed by atoms with E-state index in [1.54, 1.807) is 0 Å². The van der Waals surface area contributed by atoms with Crippen LogP contribution in [0.2, 0.25) is 0 Å². The van der Waals surface area contributed by atoms with Gasteiger partial charge in [0.15, 0.2) is 16.8 Å². The van der Waals surface area contributed by atoms with Gasteiger partial charge in [0.1, 0.15) is 6.61 Å². The predicted molar refractivity (Wildman–Crippen MR) is 93.5 cm³/mol. The van der Waals surface area contributed by atoms with Crippen LogP contribution in [-0.2, 0) is 13.2 Å². The van der Waals surface area contributed by atoms with Crippen molar-refractivity contribution in [1.82, 2.24) is 19.3 Å². The van der Waals surface area contributed by atoms with Gasteiger partial charge in [0.05, 0.1) is 5.75 Å². The standard InChI is InChI=1S/C17H24N4O2S/c1-4-7-20-16(9-22)18-19-17(20)24-10-15(23)14-8-11(2)21(12(14)3)13-5-6-13/h8,13,22H,4-7,9-10H2,1-3H3. The molecule has 1 fully saturated rings. The molecule has 1 aliphatic carbocycles. The van der Waals surface area contributed by atoms with E-state index < -0.39 is 0 Å². The Labute approximate surface area is 146 Å². The van der Waals surface area contributed by atoms with Gasteiger partial charge in [0.25, 0.3) is 0 Å². The van der Waals surface area contributed by atoms with Gasteiger partial charge in [-0.25, -0.2) is 0 Å². The van der Waals surface area contributed by atoms with E-state index in [1.807, 2.05) is 17.6 Å². The van der Waals surface area contributed by atoms with Crippen molar-refractivity contribution < 1.29 is 9.90 Å². The van der Waals surface area contributed by atoms with Crippen LogP contribution >= 0.6 is 11.8 Å². The molecule has 2 aromatic heterocycles. The highest BCUT2D eigenvalue weighted by Gasteiger charge is 2.28. The molecule has 2 heterocycles. The van der Waals surface area contributed by atoms with Gasteiger partial charge in [-0.2, -0.15) is 0 Å². The first kappa shape index (κ1) is 17.2. The number of thioether (sulfide) groups is 1. The van der Waals surface area contributed by atoms with Gasteiger partial charge in [0, 0.05) is 29.5 Å². The minimum absolute atomic E-state index is 0.122. The fourth-order valence-corrected chi connectivity index (χ4v) is 4.02. The highest BCUT2D eigenvalue weighted by Crippen LogP contribution is 2.38. The molecule has 0 amide bonds. The van der Waals surface area contributed by atoms with Crippen molar-refractivity contribution in [3.8, 4) is 0 Å². The number of carbonyl (C=O) groups is 1. The van der Waals surface area contributed by atoms with E-state index in [4.69, 9.17) is 0 Å². The number of aliphatic hydroxyl groups excluding tert-OH is 1. The molecule has 130 valence electrons. The van der Waals surface area contributed by atoms with Crippen LogP contribution in [0.15, 0.2) is 11.2 Å². The Kier molecular flexibility index (Phi) is 5.10. The maximum atomic E-state index is 12.7. The second-order valence-electron chi connectivity index (χ2n) is 6.31. The topological polar surface area (TPSA) is 72.9 Å². The lowest BCUT2D eigenvalue weighted by Gasteiger charge is -2.08. The number of nitrogens with zero attached hydrogens (tertiary/aromatic N) is 4. The Morgan fingerprint density at radius 1 is 1.38 bits per heavy atom. The van der Waals surface area contributed by atoms with E-state index >= 15 is 0 Å². The number of Topliss-reactive ketones (excluding diaryl/α,β-unsaturated/α-hetero) is 1. The molecule has 0 radical (unpaired) electrons. The Morgan fingerprint density at radius 2 is 2.12 bits per heavy atom. The monoisotopic (exact) mass is 348 g/mol. The molecule has 0 atom stereocenters. The van der Waals surface area contributed by atoms with Crippen molar-refractivity contribution in [2.24, 2.45) is 0 Å². The Balaban J connectivity index is 1.72. The summed E-state index contributed by atoms with van der Waals surface area (Å²) < 4.78 is 4.19. The summed E-state index contributed by atoms with van der Waals surface area (Å²) >= 11 is 1.39. The third-order valence-corrected chi connectivity index (χ3v) is 5.38. The molecule has 7 heteroatoms. The van der Waals surface area contributed by atoms with E-state index in [2.05, 4.69) is 28.6 Å². The number of hydrogen-bond donors (Lipinski definition) is 1. The molecule has 1 N–H and O–H groups in total. The van der Waals surface area contributed by atoms with E-state index in [9.17, 15) is 9.90 Å². The first-order chi connectivity index (χ1) is 11.6. The van der Waals surface area contributed by atoms with Crippen molar-refractivity contribution in [1.29, 1.82) is 0 Å². The highest BCUT2D eigenvalue weighted by molar-refractivity contribution is 7.99. The lowest BCUT2D eigenvalue weighted by atomic mass is 10.2. The molecule has 0 spiro atoms. The predicted octanol–water partition coefficient (Wildman–Crippen LogP) is 2.91. The minimum atomic E-state index is -0.135. The minimum Gasteiger partial charge on any atom is -0.388 e. The summed E-state index contributed by atoms with van der Waals surface area (Å²) in [6.07, 6.45) is 3.35. The molecule has 24 heavy (non-hydrogen) atoms. The zero-order valence-corrected chi connectivity index (χ0v) is 15.3. The van der Waals surface area contributed by atoms with Crippen molar-refractivity contribution in [2.45, 2.75) is 64.4 Å². The van der Waals surface area contributed by atoms with Gasteiger partial charge in [-0.1, -0.05) is 18.7 Å². The summed E-state index contributed by atoms with van der Waals surface area (Å²) in [7, 11) is 0. The van der Waals surface area contributed by atoms with Crippen LogP contribution in [0, 0.1) is 13.8 Å². The first-order valence-corrected chi connectivity index (χ1v) is 9.42. The molecule has 0 aromatic carbocycles. The van der Waals surface area contributed by atoms with E-state index in [1.165, 1.54) is 30.3 Å². The van der Waals surface area contributed by atoms with Gasteiger partial charge >= 0.3 is 0 Å². The highest BCUT2D eigenvalue weighted by atomic mass is 32.2. The summed E-state index contributed by atoms with van der Waals surface area (Å²) in [6.45, 7) is 6.78. The number of ketones is 1. The lowest BCUT2D eigenvalue weighted by molar-refractivity contribution is 0.102. The molecule has 1 saturated carbocycles. The van der Waals surface area contributed by atoms with Crippen LogP contribution in [0.4, 0.5) is 0 Å². The molecular formula is C17H24N4O2S. The SMILES string of the molecule is CCCn1c(CO)nnc1SCC(=O)c1cc(C)n(C2CC2)c1C. The summed E-state index contributed by atoms with van der Waals surface area (Å²) in [5.41, 5.74) is 3.06. The Morgan fingerprint density at radius 3 is 2.75 bits per heavy atom. The number of hydrogen-bond acceptors (Lipinski definition) is 5. The van der Waals surface area contributed by atoms with Gasteiger partial charge in [0.2, 0.25) is 0 Å². The van der Waals surface area contributed by atoms with E-state index in [0.717, 1.165) is 24.2 Å². The number of aryl methyl sites for hydroxylation is 1. The van der Waals surface area contributed by atoms with Crippen LogP contribution in [0.3, 0.4) is 0 Å². The number of rotatable bonds is 8. The zero-order chi connectivity index (χ0) is 17.3. The fourth-order valence-electron chi connectivity index (χ4n) is 3.15. The average Bonchev–Trinajstić information content (AvgIpc) is 3.25. The second kappa shape index (κ2) is 7.11. The smallest absolute Gasteiger partial charge is 0.191 e. The molecule has 1 aliphatic rings. The van der Waals surface area contributed by atoms with Gasteiger partial charge in [-0.15, -0.1) is 10.2 Å². The molecule has 6 nitrogen and oxygen atoms in total. The first-order valence-electron chi connectivity index (χ1n) is 8.44. The molecule has 3 rings (SSSR count). The van der Waals surface area contributed by atoms with Crippen LogP contribution in [0.25, 0.3) is 0 Å². The molecule has 2 aromatic rings. The van der Waals surface area contributed by atoms with Crippen LogP contribution in [0.1, 0.15) is 59.8 Å². The largest absolute Gasteiger partial charge is 0.388 e. The molecule has 0 unspecified atom stereocenters. The normalized spacial score (nSPS) is 14.3.